The van der Waals surface area contributed by atoms with E-state index in [0.29, 0.717) is 0 Å². The van der Waals surface area contributed by atoms with E-state index in [-0.39, 0.29) is 5.54 Å². The summed E-state index contributed by atoms with van der Waals surface area (Å²) in [4.78, 5) is 2.72. The fourth-order valence-corrected chi connectivity index (χ4v) is 2.67. The van der Waals surface area contributed by atoms with Gasteiger partial charge in [-0.25, -0.2) is 0 Å². The standard InChI is InChI=1S/C15H32N2/c1-6-13(7-2)12-17-10-8-9-14(17)11-16-15(3,4)5/h13-14,16H,6-12H2,1-5H3. The lowest BCUT2D eigenvalue weighted by Gasteiger charge is -2.31. The summed E-state index contributed by atoms with van der Waals surface area (Å²) in [6.45, 7) is 15.2. The zero-order valence-electron chi connectivity index (χ0n) is 12.6. The molecule has 0 amide bonds. The zero-order chi connectivity index (χ0) is 12.9. The van der Waals surface area contributed by atoms with E-state index in [1.165, 1.54) is 38.8 Å². The quantitative estimate of drug-likeness (QED) is 0.766. The number of hydrogen-bond acceptors (Lipinski definition) is 2. The third kappa shape index (κ3) is 5.39. The van der Waals surface area contributed by atoms with E-state index < -0.39 is 0 Å². The summed E-state index contributed by atoms with van der Waals surface area (Å²) in [5, 5.41) is 3.66. The van der Waals surface area contributed by atoms with Crippen LogP contribution in [0.1, 0.15) is 60.3 Å². The topological polar surface area (TPSA) is 15.3 Å². The SMILES string of the molecule is CCC(CC)CN1CCCC1CNC(C)(C)C. The summed E-state index contributed by atoms with van der Waals surface area (Å²) in [5.41, 5.74) is 0.253. The van der Waals surface area contributed by atoms with Crippen LogP contribution in [-0.4, -0.2) is 36.1 Å². The van der Waals surface area contributed by atoms with Crippen LogP contribution in [0.25, 0.3) is 0 Å². The Kier molecular flexibility index (Phi) is 5.94. The normalized spacial score (nSPS) is 22.6. The molecule has 1 unspecified atom stereocenters. The molecule has 0 aromatic rings. The van der Waals surface area contributed by atoms with Crippen LogP contribution in [0.15, 0.2) is 0 Å². The van der Waals surface area contributed by atoms with Gasteiger partial charge in [-0.15, -0.1) is 0 Å². The van der Waals surface area contributed by atoms with Crippen molar-refractivity contribution in [2.45, 2.75) is 71.9 Å². The summed E-state index contributed by atoms with van der Waals surface area (Å²) < 4.78 is 0. The van der Waals surface area contributed by atoms with Gasteiger partial charge in [0.15, 0.2) is 0 Å². The third-order valence-electron chi connectivity index (χ3n) is 4.01. The van der Waals surface area contributed by atoms with E-state index in [1.54, 1.807) is 0 Å². The highest BCUT2D eigenvalue weighted by Gasteiger charge is 2.26. The molecule has 0 bridgehead atoms. The lowest BCUT2D eigenvalue weighted by Crippen LogP contribution is -2.46. The van der Waals surface area contributed by atoms with E-state index in [9.17, 15) is 0 Å². The van der Waals surface area contributed by atoms with Gasteiger partial charge in [0.2, 0.25) is 0 Å². The van der Waals surface area contributed by atoms with Gasteiger partial charge in [-0.05, 0) is 46.1 Å². The summed E-state index contributed by atoms with van der Waals surface area (Å²) in [5.74, 6) is 0.894. The molecular weight excluding hydrogens is 208 g/mol. The fraction of sp³-hybridized carbons (Fsp3) is 1.00. The van der Waals surface area contributed by atoms with E-state index in [4.69, 9.17) is 0 Å². The van der Waals surface area contributed by atoms with Crippen molar-refractivity contribution >= 4 is 0 Å². The van der Waals surface area contributed by atoms with Crippen LogP contribution in [-0.2, 0) is 0 Å². The minimum Gasteiger partial charge on any atom is -0.311 e. The van der Waals surface area contributed by atoms with Crippen LogP contribution >= 0.6 is 0 Å². The Labute approximate surface area is 108 Å². The Morgan fingerprint density at radius 2 is 1.88 bits per heavy atom. The first-order chi connectivity index (χ1) is 7.96. The third-order valence-corrected chi connectivity index (χ3v) is 4.01. The number of nitrogens with zero attached hydrogens (tertiary/aromatic N) is 1. The first-order valence-corrected chi connectivity index (χ1v) is 7.45. The maximum absolute atomic E-state index is 3.66. The number of likely N-dealkylation sites (tertiary alicyclic amines) is 1. The molecule has 1 aliphatic rings. The predicted octanol–water partition coefficient (Wildman–Crippen LogP) is 3.28. The van der Waals surface area contributed by atoms with Crippen molar-refractivity contribution in [1.82, 2.24) is 10.2 Å². The number of rotatable bonds is 6. The van der Waals surface area contributed by atoms with Gasteiger partial charge in [-0.3, -0.25) is 4.90 Å². The van der Waals surface area contributed by atoms with Gasteiger partial charge < -0.3 is 5.32 Å². The molecule has 1 atom stereocenters. The van der Waals surface area contributed by atoms with Crippen LogP contribution in [0.3, 0.4) is 0 Å². The molecule has 0 saturated carbocycles. The lowest BCUT2D eigenvalue weighted by atomic mass is 10.0. The van der Waals surface area contributed by atoms with Crippen LogP contribution in [0, 0.1) is 5.92 Å². The molecule has 0 aromatic carbocycles. The molecule has 2 heteroatoms. The second kappa shape index (κ2) is 6.75. The van der Waals surface area contributed by atoms with Crippen molar-refractivity contribution in [2.24, 2.45) is 5.92 Å². The Hall–Kier alpha value is -0.0800. The van der Waals surface area contributed by atoms with E-state index in [1.807, 2.05) is 0 Å². The van der Waals surface area contributed by atoms with Crippen LogP contribution < -0.4 is 5.32 Å². The van der Waals surface area contributed by atoms with Gasteiger partial charge in [-0.2, -0.15) is 0 Å². The molecule has 1 saturated heterocycles. The van der Waals surface area contributed by atoms with Gasteiger partial charge in [0, 0.05) is 24.7 Å². The highest BCUT2D eigenvalue weighted by Crippen LogP contribution is 2.21. The first kappa shape index (κ1) is 15.0. The van der Waals surface area contributed by atoms with Crippen molar-refractivity contribution in [3.8, 4) is 0 Å². The Balaban J connectivity index is 2.38. The minimum atomic E-state index is 0.253. The van der Waals surface area contributed by atoms with Crippen LogP contribution in [0.2, 0.25) is 0 Å². The summed E-state index contributed by atoms with van der Waals surface area (Å²) in [6.07, 6.45) is 5.42. The summed E-state index contributed by atoms with van der Waals surface area (Å²) >= 11 is 0. The zero-order valence-corrected chi connectivity index (χ0v) is 12.6. The number of hydrogen-bond donors (Lipinski definition) is 1. The second-order valence-corrected chi connectivity index (χ2v) is 6.60. The van der Waals surface area contributed by atoms with Gasteiger partial charge in [0.25, 0.3) is 0 Å². The maximum atomic E-state index is 3.66. The van der Waals surface area contributed by atoms with Crippen molar-refractivity contribution in [3.05, 3.63) is 0 Å². The molecule has 0 spiro atoms. The highest BCUT2D eigenvalue weighted by atomic mass is 15.2. The molecule has 102 valence electrons. The monoisotopic (exact) mass is 240 g/mol. The van der Waals surface area contributed by atoms with Crippen LogP contribution in [0.5, 0.6) is 0 Å². The van der Waals surface area contributed by atoms with Gasteiger partial charge in [0.05, 0.1) is 0 Å². The molecule has 1 heterocycles. The molecule has 0 aromatic heterocycles. The molecule has 1 N–H and O–H groups in total. The average Bonchev–Trinajstić information content (AvgIpc) is 2.69. The van der Waals surface area contributed by atoms with Gasteiger partial charge in [0.1, 0.15) is 0 Å². The Morgan fingerprint density at radius 1 is 1.24 bits per heavy atom. The number of nitrogens with one attached hydrogen (secondary N) is 1. The Morgan fingerprint density at radius 3 is 2.41 bits per heavy atom. The van der Waals surface area contributed by atoms with Gasteiger partial charge >= 0.3 is 0 Å². The highest BCUT2D eigenvalue weighted by molar-refractivity contribution is 4.84. The smallest absolute Gasteiger partial charge is 0.0221 e. The summed E-state index contributed by atoms with van der Waals surface area (Å²) in [6, 6.07) is 0.773. The van der Waals surface area contributed by atoms with Crippen molar-refractivity contribution in [1.29, 1.82) is 0 Å². The van der Waals surface area contributed by atoms with Crippen molar-refractivity contribution in [3.63, 3.8) is 0 Å². The van der Waals surface area contributed by atoms with Crippen LogP contribution in [0.4, 0.5) is 0 Å². The molecule has 1 aliphatic heterocycles. The molecule has 2 nitrogen and oxygen atoms in total. The second-order valence-electron chi connectivity index (χ2n) is 6.60. The maximum Gasteiger partial charge on any atom is 0.0221 e. The molecular formula is C15H32N2. The predicted molar refractivity (Wildman–Crippen MR) is 76.4 cm³/mol. The fourth-order valence-electron chi connectivity index (χ4n) is 2.67. The molecule has 17 heavy (non-hydrogen) atoms. The average molecular weight is 240 g/mol. The van der Waals surface area contributed by atoms with E-state index in [2.05, 4.69) is 44.8 Å². The van der Waals surface area contributed by atoms with Crippen molar-refractivity contribution < 1.29 is 0 Å². The van der Waals surface area contributed by atoms with E-state index in [0.717, 1.165) is 18.5 Å². The van der Waals surface area contributed by atoms with E-state index >= 15 is 0 Å². The molecule has 0 aliphatic carbocycles. The molecule has 0 radical (unpaired) electrons. The Bertz CT molecular complexity index is 203. The lowest BCUT2D eigenvalue weighted by molar-refractivity contribution is 0.196. The molecule has 1 rings (SSSR count). The van der Waals surface area contributed by atoms with Gasteiger partial charge in [-0.1, -0.05) is 26.7 Å². The van der Waals surface area contributed by atoms with Crippen molar-refractivity contribution in [2.75, 3.05) is 19.6 Å². The minimum absolute atomic E-state index is 0.253. The first-order valence-electron chi connectivity index (χ1n) is 7.45. The summed E-state index contributed by atoms with van der Waals surface area (Å²) in [7, 11) is 0. The molecule has 1 fully saturated rings. The largest absolute Gasteiger partial charge is 0.311 e.